The SMILES string of the molecule is c1cc([C@H]2CCN2)c2cc[nH]c2c1. The van der Waals surface area contributed by atoms with Gasteiger partial charge in [-0.15, -0.1) is 0 Å². The van der Waals surface area contributed by atoms with Crippen LogP contribution in [0.3, 0.4) is 0 Å². The maximum absolute atomic E-state index is 3.43. The number of benzene rings is 1. The van der Waals surface area contributed by atoms with Gasteiger partial charge in [-0.2, -0.15) is 0 Å². The number of H-pyrrole nitrogens is 1. The van der Waals surface area contributed by atoms with Crippen LogP contribution in [-0.4, -0.2) is 11.5 Å². The first-order valence-corrected chi connectivity index (χ1v) is 4.74. The molecular weight excluding hydrogens is 160 g/mol. The van der Waals surface area contributed by atoms with Gasteiger partial charge in [-0.05, 0) is 30.7 Å². The Balaban J connectivity index is 2.20. The van der Waals surface area contributed by atoms with Crippen molar-refractivity contribution in [1.82, 2.24) is 10.3 Å². The van der Waals surface area contributed by atoms with Gasteiger partial charge in [0.05, 0.1) is 0 Å². The Hall–Kier alpha value is -1.28. The van der Waals surface area contributed by atoms with Gasteiger partial charge in [-0.25, -0.2) is 0 Å². The lowest BCUT2D eigenvalue weighted by Gasteiger charge is -2.28. The van der Waals surface area contributed by atoms with E-state index in [0.717, 1.165) is 6.54 Å². The smallest absolute Gasteiger partial charge is 0.0457 e. The highest BCUT2D eigenvalue weighted by atomic mass is 15.0. The number of nitrogens with one attached hydrogen (secondary N) is 2. The van der Waals surface area contributed by atoms with Gasteiger partial charge in [-0.1, -0.05) is 12.1 Å². The van der Waals surface area contributed by atoms with E-state index in [4.69, 9.17) is 0 Å². The van der Waals surface area contributed by atoms with Gasteiger partial charge in [0.25, 0.3) is 0 Å². The predicted octanol–water partition coefficient (Wildman–Crippen LogP) is 2.20. The third-order valence-corrected chi connectivity index (χ3v) is 2.83. The minimum Gasteiger partial charge on any atom is -0.361 e. The molecular formula is C11H12N2. The monoisotopic (exact) mass is 172 g/mol. The number of aromatic amines is 1. The normalized spacial score (nSPS) is 21.7. The summed E-state index contributed by atoms with van der Waals surface area (Å²) in [6.07, 6.45) is 3.27. The molecule has 1 aliphatic heterocycles. The van der Waals surface area contributed by atoms with E-state index in [9.17, 15) is 0 Å². The molecule has 2 heterocycles. The Morgan fingerprint density at radius 3 is 2.92 bits per heavy atom. The molecule has 1 aliphatic rings. The van der Waals surface area contributed by atoms with E-state index in [1.54, 1.807) is 0 Å². The first-order chi connectivity index (χ1) is 6.45. The number of rotatable bonds is 1. The molecule has 3 rings (SSSR count). The summed E-state index contributed by atoms with van der Waals surface area (Å²) in [5, 5.41) is 4.79. The molecule has 0 bridgehead atoms. The van der Waals surface area contributed by atoms with Crippen LogP contribution in [0.2, 0.25) is 0 Å². The van der Waals surface area contributed by atoms with Crippen LogP contribution < -0.4 is 5.32 Å². The average Bonchev–Trinajstić information content (AvgIpc) is 2.49. The highest BCUT2D eigenvalue weighted by Gasteiger charge is 2.20. The molecule has 1 aromatic carbocycles. The van der Waals surface area contributed by atoms with Crippen molar-refractivity contribution in [1.29, 1.82) is 0 Å². The molecule has 2 N–H and O–H groups in total. The Morgan fingerprint density at radius 1 is 1.23 bits per heavy atom. The Kier molecular flexibility index (Phi) is 1.43. The van der Waals surface area contributed by atoms with E-state index in [1.165, 1.54) is 22.9 Å². The quantitative estimate of drug-likeness (QED) is 0.678. The molecule has 1 atom stereocenters. The van der Waals surface area contributed by atoms with E-state index in [1.807, 2.05) is 6.20 Å². The van der Waals surface area contributed by atoms with Gasteiger partial charge in [-0.3, -0.25) is 0 Å². The lowest BCUT2D eigenvalue weighted by molar-refractivity contribution is 0.385. The minimum absolute atomic E-state index is 0.583. The number of aromatic nitrogens is 1. The highest BCUT2D eigenvalue weighted by molar-refractivity contribution is 5.83. The molecule has 0 unspecified atom stereocenters. The molecule has 0 amide bonds. The molecule has 2 nitrogen and oxygen atoms in total. The topological polar surface area (TPSA) is 27.8 Å². The van der Waals surface area contributed by atoms with Crippen LogP contribution in [0.4, 0.5) is 0 Å². The van der Waals surface area contributed by atoms with E-state index >= 15 is 0 Å². The van der Waals surface area contributed by atoms with Crippen molar-refractivity contribution in [3.8, 4) is 0 Å². The Labute approximate surface area is 77.0 Å². The predicted molar refractivity (Wildman–Crippen MR) is 53.7 cm³/mol. The maximum Gasteiger partial charge on any atom is 0.0457 e. The summed E-state index contributed by atoms with van der Waals surface area (Å²) in [5.41, 5.74) is 2.68. The molecule has 2 heteroatoms. The van der Waals surface area contributed by atoms with Gasteiger partial charge in [0.2, 0.25) is 0 Å². The van der Waals surface area contributed by atoms with E-state index in [-0.39, 0.29) is 0 Å². The second kappa shape index (κ2) is 2.60. The van der Waals surface area contributed by atoms with Gasteiger partial charge in [0.1, 0.15) is 0 Å². The fourth-order valence-corrected chi connectivity index (χ4v) is 1.97. The van der Waals surface area contributed by atoms with Crippen LogP contribution in [0.5, 0.6) is 0 Å². The zero-order valence-corrected chi connectivity index (χ0v) is 7.38. The zero-order chi connectivity index (χ0) is 8.67. The van der Waals surface area contributed by atoms with Crippen LogP contribution in [-0.2, 0) is 0 Å². The second-order valence-electron chi connectivity index (χ2n) is 3.58. The average molecular weight is 172 g/mol. The second-order valence-corrected chi connectivity index (χ2v) is 3.58. The van der Waals surface area contributed by atoms with Gasteiger partial charge in [0, 0.05) is 23.1 Å². The Bertz CT molecular complexity index is 426. The lowest BCUT2D eigenvalue weighted by atomic mass is 9.95. The first-order valence-electron chi connectivity index (χ1n) is 4.74. The fourth-order valence-electron chi connectivity index (χ4n) is 1.97. The van der Waals surface area contributed by atoms with Crippen molar-refractivity contribution in [2.75, 3.05) is 6.54 Å². The molecule has 0 spiro atoms. The molecule has 1 saturated heterocycles. The Morgan fingerprint density at radius 2 is 2.15 bits per heavy atom. The third-order valence-electron chi connectivity index (χ3n) is 2.83. The summed E-state index contributed by atoms with van der Waals surface area (Å²) in [7, 11) is 0. The minimum atomic E-state index is 0.583. The van der Waals surface area contributed by atoms with E-state index in [2.05, 4.69) is 34.6 Å². The molecule has 0 aliphatic carbocycles. The largest absolute Gasteiger partial charge is 0.361 e. The van der Waals surface area contributed by atoms with Crippen molar-refractivity contribution >= 4 is 10.9 Å². The standard InChI is InChI=1S/C11H12N2/c1-2-8(11-5-7-13-11)9-4-6-12-10(9)3-1/h1-4,6,11-13H,5,7H2/t11-/m1/s1. The number of fused-ring (bicyclic) bond motifs is 1. The zero-order valence-electron chi connectivity index (χ0n) is 7.38. The molecule has 2 aromatic rings. The van der Waals surface area contributed by atoms with Crippen LogP contribution in [0.25, 0.3) is 10.9 Å². The van der Waals surface area contributed by atoms with E-state index < -0.39 is 0 Å². The van der Waals surface area contributed by atoms with E-state index in [0.29, 0.717) is 6.04 Å². The summed E-state index contributed by atoms with van der Waals surface area (Å²) in [4.78, 5) is 3.24. The number of hydrogen-bond acceptors (Lipinski definition) is 1. The van der Waals surface area contributed by atoms with Crippen molar-refractivity contribution in [2.24, 2.45) is 0 Å². The van der Waals surface area contributed by atoms with Gasteiger partial charge in [0.15, 0.2) is 0 Å². The van der Waals surface area contributed by atoms with Crippen LogP contribution >= 0.6 is 0 Å². The maximum atomic E-state index is 3.43. The van der Waals surface area contributed by atoms with Gasteiger partial charge < -0.3 is 10.3 Å². The summed E-state index contributed by atoms with van der Waals surface area (Å²) >= 11 is 0. The lowest BCUT2D eigenvalue weighted by Crippen LogP contribution is -2.34. The van der Waals surface area contributed by atoms with Crippen LogP contribution in [0.1, 0.15) is 18.0 Å². The highest BCUT2D eigenvalue weighted by Crippen LogP contribution is 2.28. The summed E-state index contributed by atoms with van der Waals surface area (Å²) in [6, 6.07) is 9.20. The molecule has 13 heavy (non-hydrogen) atoms. The van der Waals surface area contributed by atoms with Crippen LogP contribution in [0.15, 0.2) is 30.5 Å². The molecule has 66 valence electrons. The van der Waals surface area contributed by atoms with Crippen molar-refractivity contribution in [2.45, 2.75) is 12.5 Å². The van der Waals surface area contributed by atoms with Crippen molar-refractivity contribution in [3.05, 3.63) is 36.0 Å². The molecule has 1 fully saturated rings. The number of hydrogen-bond donors (Lipinski definition) is 2. The summed E-state index contributed by atoms with van der Waals surface area (Å²) < 4.78 is 0. The van der Waals surface area contributed by atoms with Crippen molar-refractivity contribution in [3.63, 3.8) is 0 Å². The summed E-state index contributed by atoms with van der Waals surface area (Å²) in [6.45, 7) is 1.16. The fraction of sp³-hybridized carbons (Fsp3) is 0.273. The van der Waals surface area contributed by atoms with Crippen LogP contribution in [0, 0.1) is 0 Å². The first kappa shape index (κ1) is 7.15. The summed E-state index contributed by atoms with van der Waals surface area (Å²) in [5.74, 6) is 0. The van der Waals surface area contributed by atoms with Crippen molar-refractivity contribution < 1.29 is 0 Å². The third kappa shape index (κ3) is 0.988. The molecule has 0 saturated carbocycles. The molecule has 0 radical (unpaired) electrons. The molecule has 1 aromatic heterocycles. The van der Waals surface area contributed by atoms with Gasteiger partial charge >= 0.3 is 0 Å².